The molecule has 144 valence electrons. The molecule has 2 N–H and O–H groups in total. The average Bonchev–Trinajstić information content (AvgIpc) is 2.64. The van der Waals surface area contributed by atoms with E-state index in [1.54, 1.807) is 0 Å². The van der Waals surface area contributed by atoms with Crippen LogP contribution in [0, 0.1) is 0 Å². The van der Waals surface area contributed by atoms with Crippen molar-refractivity contribution in [3.63, 3.8) is 0 Å². The third-order valence-electron chi connectivity index (χ3n) is 3.71. The minimum atomic E-state index is -0.715. The van der Waals surface area contributed by atoms with Gasteiger partial charge in [0.15, 0.2) is 0 Å². The molecule has 1 atom stereocenters. The number of amides is 2. The Morgan fingerprint density at radius 1 is 1.11 bits per heavy atom. The van der Waals surface area contributed by atoms with Gasteiger partial charge in [0, 0.05) is 25.6 Å². The summed E-state index contributed by atoms with van der Waals surface area (Å²) in [4.78, 5) is 23.3. The van der Waals surface area contributed by atoms with Gasteiger partial charge >= 0.3 is 0 Å². The standard InChI is InChI=1S/C20H23ClN2O4/c1-14(24)23-19(13-26-2)20(25)22-11-15-6-8-18(9-7-15)27-12-16-4-3-5-17(21)10-16/h3-10,19H,11-13H2,1-2H3,(H,22,25)(H,23,24)/t19-/m1/s1. The lowest BCUT2D eigenvalue weighted by molar-refractivity contribution is -0.129. The Hall–Kier alpha value is -2.57. The van der Waals surface area contributed by atoms with E-state index in [0.29, 0.717) is 18.2 Å². The number of rotatable bonds is 9. The number of halogens is 1. The first-order chi connectivity index (χ1) is 13.0. The summed E-state index contributed by atoms with van der Waals surface area (Å²) in [6, 6.07) is 14.2. The van der Waals surface area contributed by atoms with Gasteiger partial charge in [-0.2, -0.15) is 0 Å². The van der Waals surface area contributed by atoms with Crippen LogP contribution in [0.2, 0.25) is 5.02 Å². The van der Waals surface area contributed by atoms with Gasteiger partial charge < -0.3 is 20.1 Å². The van der Waals surface area contributed by atoms with Crippen molar-refractivity contribution >= 4 is 23.4 Å². The summed E-state index contributed by atoms with van der Waals surface area (Å²) in [7, 11) is 1.48. The van der Waals surface area contributed by atoms with Gasteiger partial charge in [-0.15, -0.1) is 0 Å². The maximum Gasteiger partial charge on any atom is 0.245 e. The Morgan fingerprint density at radius 3 is 2.48 bits per heavy atom. The van der Waals surface area contributed by atoms with E-state index in [0.717, 1.165) is 16.9 Å². The summed E-state index contributed by atoms with van der Waals surface area (Å²) in [5.74, 6) is 0.141. The smallest absolute Gasteiger partial charge is 0.245 e. The fourth-order valence-corrected chi connectivity index (χ4v) is 2.62. The molecule has 0 fully saturated rings. The summed E-state index contributed by atoms with van der Waals surface area (Å²) < 4.78 is 10.7. The van der Waals surface area contributed by atoms with Crippen LogP contribution in [0.1, 0.15) is 18.1 Å². The van der Waals surface area contributed by atoms with Gasteiger partial charge in [-0.1, -0.05) is 35.9 Å². The van der Waals surface area contributed by atoms with Crippen LogP contribution in [-0.2, 0) is 27.5 Å². The molecule has 0 heterocycles. The number of ether oxygens (including phenoxy) is 2. The Bertz CT molecular complexity index is 765. The highest BCUT2D eigenvalue weighted by atomic mass is 35.5. The molecule has 0 spiro atoms. The van der Waals surface area contributed by atoms with Crippen molar-refractivity contribution in [2.45, 2.75) is 26.1 Å². The van der Waals surface area contributed by atoms with Crippen LogP contribution >= 0.6 is 11.6 Å². The van der Waals surface area contributed by atoms with E-state index in [4.69, 9.17) is 21.1 Å². The van der Waals surface area contributed by atoms with Crippen LogP contribution in [-0.4, -0.2) is 31.6 Å². The lowest BCUT2D eigenvalue weighted by atomic mass is 10.2. The number of hydrogen-bond donors (Lipinski definition) is 2. The van der Waals surface area contributed by atoms with Gasteiger partial charge in [0.25, 0.3) is 0 Å². The SMILES string of the molecule is COC[C@@H](NC(C)=O)C(=O)NCc1ccc(OCc2cccc(Cl)c2)cc1. The number of nitrogens with one attached hydrogen (secondary N) is 2. The van der Waals surface area contributed by atoms with E-state index in [9.17, 15) is 9.59 Å². The van der Waals surface area contributed by atoms with Gasteiger partial charge in [-0.25, -0.2) is 0 Å². The lowest BCUT2D eigenvalue weighted by Crippen LogP contribution is -2.48. The van der Waals surface area contributed by atoms with E-state index in [1.165, 1.54) is 14.0 Å². The maximum absolute atomic E-state index is 12.2. The zero-order chi connectivity index (χ0) is 19.6. The second-order valence-electron chi connectivity index (χ2n) is 5.99. The molecule has 6 nitrogen and oxygen atoms in total. The normalized spacial score (nSPS) is 11.5. The Morgan fingerprint density at radius 2 is 1.85 bits per heavy atom. The molecule has 0 saturated carbocycles. The minimum absolute atomic E-state index is 0.113. The fourth-order valence-electron chi connectivity index (χ4n) is 2.40. The van der Waals surface area contributed by atoms with E-state index < -0.39 is 6.04 Å². The van der Waals surface area contributed by atoms with Crippen molar-refractivity contribution in [3.8, 4) is 5.75 Å². The molecule has 2 aromatic rings. The predicted octanol–water partition coefficient (Wildman–Crippen LogP) is 2.69. The molecular weight excluding hydrogens is 368 g/mol. The molecule has 0 aliphatic carbocycles. The van der Waals surface area contributed by atoms with Crippen LogP contribution in [0.5, 0.6) is 5.75 Å². The van der Waals surface area contributed by atoms with Crippen molar-refractivity contribution in [2.24, 2.45) is 0 Å². The summed E-state index contributed by atoms with van der Waals surface area (Å²) in [6.07, 6.45) is 0. The Balaban J connectivity index is 1.84. The first-order valence-electron chi connectivity index (χ1n) is 8.48. The molecule has 0 radical (unpaired) electrons. The zero-order valence-corrected chi connectivity index (χ0v) is 16.1. The van der Waals surface area contributed by atoms with Crippen LogP contribution in [0.25, 0.3) is 0 Å². The van der Waals surface area contributed by atoms with Gasteiger partial charge in [0.05, 0.1) is 6.61 Å². The predicted molar refractivity (Wildman–Crippen MR) is 104 cm³/mol. The van der Waals surface area contributed by atoms with Gasteiger partial charge in [0.2, 0.25) is 11.8 Å². The summed E-state index contributed by atoms with van der Waals surface area (Å²) in [6.45, 7) is 2.24. The summed E-state index contributed by atoms with van der Waals surface area (Å²) in [5, 5.41) is 6.01. The third-order valence-corrected chi connectivity index (χ3v) is 3.95. The van der Waals surface area contributed by atoms with E-state index in [1.807, 2.05) is 48.5 Å². The third kappa shape index (κ3) is 7.29. The Kier molecular flexibility index (Phi) is 8.10. The highest BCUT2D eigenvalue weighted by molar-refractivity contribution is 6.30. The maximum atomic E-state index is 12.2. The monoisotopic (exact) mass is 390 g/mol. The Labute approximate surface area is 163 Å². The molecule has 0 aromatic heterocycles. The van der Waals surface area contributed by atoms with E-state index in [2.05, 4.69) is 10.6 Å². The number of hydrogen-bond acceptors (Lipinski definition) is 4. The number of carbonyl (C=O) groups is 2. The van der Waals surface area contributed by atoms with E-state index >= 15 is 0 Å². The molecule has 0 unspecified atom stereocenters. The van der Waals surface area contributed by atoms with Crippen molar-refractivity contribution in [2.75, 3.05) is 13.7 Å². The molecule has 0 aliphatic rings. The molecule has 2 aromatic carbocycles. The topological polar surface area (TPSA) is 76.7 Å². The molecule has 0 bridgehead atoms. The molecule has 2 amide bonds. The first-order valence-corrected chi connectivity index (χ1v) is 8.85. The van der Waals surface area contributed by atoms with Crippen LogP contribution in [0.15, 0.2) is 48.5 Å². The summed E-state index contributed by atoms with van der Waals surface area (Å²) >= 11 is 5.96. The quantitative estimate of drug-likeness (QED) is 0.690. The van der Waals surface area contributed by atoms with Crippen LogP contribution in [0.4, 0.5) is 0 Å². The molecule has 0 saturated heterocycles. The highest BCUT2D eigenvalue weighted by Gasteiger charge is 2.18. The van der Waals surface area contributed by atoms with Crippen molar-refractivity contribution < 1.29 is 19.1 Å². The number of carbonyl (C=O) groups excluding carboxylic acids is 2. The second kappa shape index (κ2) is 10.5. The highest BCUT2D eigenvalue weighted by Crippen LogP contribution is 2.16. The van der Waals surface area contributed by atoms with Gasteiger partial charge in [-0.05, 0) is 35.4 Å². The fraction of sp³-hybridized carbons (Fsp3) is 0.300. The molecule has 2 rings (SSSR count). The van der Waals surface area contributed by atoms with Crippen molar-refractivity contribution in [1.29, 1.82) is 0 Å². The van der Waals surface area contributed by atoms with Crippen LogP contribution in [0.3, 0.4) is 0 Å². The lowest BCUT2D eigenvalue weighted by Gasteiger charge is -2.16. The molecule has 0 aliphatic heterocycles. The molecule has 7 heteroatoms. The van der Waals surface area contributed by atoms with Crippen LogP contribution < -0.4 is 15.4 Å². The zero-order valence-electron chi connectivity index (χ0n) is 15.3. The van der Waals surface area contributed by atoms with Gasteiger partial charge in [-0.3, -0.25) is 9.59 Å². The molecular formula is C20H23ClN2O4. The van der Waals surface area contributed by atoms with Gasteiger partial charge in [0.1, 0.15) is 18.4 Å². The largest absolute Gasteiger partial charge is 0.489 e. The first kappa shape index (κ1) is 20.7. The van der Waals surface area contributed by atoms with E-state index in [-0.39, 0.29) is 18.4 Å². The second-order valence-corrected chi connectivity index (χ2v) is 6.43. The van der Waals surface area contributed by atoms with Crippen molar-refractivity contribution in [1.82, 2.24) is 10.6 Å². The van der Waals surface area contributed by atoms with Crippen molar-refractivity contribution in [3.05, 3.63) is 64.7 Å². The molecule has 27 heavy (non-hydrogen) atoms. The minimum Gasteiger partial charge on any atom is -0.489 e. The summed E-state index contributed by atoms with van der Waals surface area (Å²) in [5.41, 5.74) is 1.90. The average molecular weight is 391 g/mol. The number of methoxy groups -OCH3 is 1. The number of benzene rings is 2.